The first-order chi connectivity index (χ1) is 9.96. The zero-order valence-corrected chi connectivity index (χ0v) is 11.8. The van der Waals surface area contributed by atoms with Crippen molar-refractivity contribution in [3.63, 3.8) is 0 Å². The van der Waals surface area contributed by atoms with Gasteiger partial charge in [-0.25, -0.2) is 13.2 Å². The SMILES string of the molecule is O=C(O)c1cc(-c2ccccn2)n(C2CCS(=O)(=O)C2)n1. The second-order valence-electron chi connectivity index (χ2n) is 4.94. The topological polar surface area (TPSA) is 102 Å². The molecule has 1 unspecified atom stereocenters. The molecular formula is C13H13N3O4S. The van der Waals surface area contributed by atoms with E-state index in [4.69, 9.17) is 5.11 Å². The first-order valence-electron chi connectivity index (χ1n) is 6.41. The van der Waals surface area contributed by atoms with Gasteiger partial charge in [0, 0.05) is 12.3 Å². The number of hydrogen-bond acceptors (Lipinski definition) is 5. The second-order valence-corrected chi connectivity index (χ2v) is 7.17. The number of hydrogen-bond donors (Lipinski definition) is 1. The lowest BCUT2D eigenvalue weighted by Gasteiger charge is -2.12. The van der Waals surface area contributed by atoms with Gasteiger partial charge in [0.2, 0.25) is 0 Å². The van der Waals surface area contributed by atoms with E-state index in [9.17, 15) is 13.2 Å². The monoisotopic (exact) mass is 307 g/mol. The Kier molecular flexibility index (Phi) is 3.25. The molecule has 1 aliphatic heterocycles. The maximum Gasteiger partial charge on any atom is 0.356 e. The molecule has 0 amide bonds. The second kappa shape index (κ2) is 4.96. The third-order valence-corrected chi connectivity index (χ3v) is 5.19. The van der Waals surface area contributed by atoms with E-state index < -0.39 is 15.8 Å². The van der Waals surface area contributed by atoms with Crippen molar-refractivity contribution in [1.82, 2.24) is 14.8 Å². The Hall–Kier alpha value is -2.22. The highest BCUT2D eigenvalue weighted by Gasteiger charge is 2.32. The fraction of sp³-hybridized carbons (Fsp3) is 0.308. The normalized spacial score (nSPS) is 20.5. The van der Waals surface area contributed by atoms with Crippen molar-refractivity contribution in [2.45, 2.75) is 12.5 Å². The largest absolute Gasteiger partial charge is 0.476 e. The molecular weight excluding hydrogens is 294 g/mol. The maximum absolute atomic E-state index is 11.6. The van der Waals surface area contributed by atoms with Crippen molar-refractivity contribution in [3.05, 3.63) is 36.2 Å². The van der Waals surface area contributed by atoms with Crippen LogP contribution in [-0.4, -0.2) is 45.8 Å². The van der Waals surface area contributed by atoms with Gasteiger partial charge in [0.25, 0.3) is 0 Å². The molecule has 1 N–H and O–H groups in total. The van der Waals surface area contributed by atoms with E-state index in [-0.39, 0.29) is 23.2 Å². The third-order valence-electron chi connectivity index (χ3n) is 3.44. The van der Waals surface area contributed by atoms with Crippen molar-refractivity contribution in [1.29, 1.82) is 0 Å². The Morgan fingerprint density at radius 3 is 2.76 bits per heavy atom. The van der Waals surface area contributed by atoms with Gasteiger partial charge in [0.1, 0.15) is 0 Å². The van der Waals surface area contributed by atoms with E-state index in [0.29, 0.717) is 17.8 Å². The van der Waals surface area contributed by atoms with Gasteiger partial charge >= 0.3 is 5.97 Å². The molecule has 8 heteroatoms. The number of pyridine rings is 1. The molecule has 7 nitrogen and oxygen atoms in total. The van der Waals surface area contributed by atoms with Gasteiger partial charge in [-0.2, -0.15) is 5.10 Å². The van der Waals surface area contributed by atoms with Crippen LogP contribution in [0.25, 0.3) is 11.4 Å². The molecule has 0 saturated carbocycles. The molecule has 0 spiro atoms. The van der Waals surface area contributed by atoms with Crippen LogP contribution in [0.2, 0.25) is 0 Å². The first kappa shape index (κ1) is 13.7. The molecule has 2 aromatic rings. The summed E-state index contributed by atoms with van der Waals surface area (Å²) in [7, 11) is -3.08. The van der Waals surface area contributed by atoms with E-state index in [1.54, 1.807) is 24.4 Å². The number of aromatic carboxylic acids is 1. The highest BCUT2D eigenvalue weighted by Crippen LogP contribution is 2.29. The minimum absolute atomic E-state index is 0.0203. The van der Waals surface area contributed by atoms with Gasteiger partial charge in [0.15, 0.2) is 15.5 Å². The molecule has 3 rings (SSSR count). The van der Waals surface area contributed by atoms with Crippen LogP contribution < -0.4 is 0 Å². The Balaban J connectivity index is 2.09. The van der Waals surface area contributed by atoms with Gasteiger partial charge in [-0.15, -0.1) is 0 Å². The molecule has 0 aromatic carbocycles. The molecule has 1 atom stereocenters. The van der Waals surface area contributed by atoms with Gasteiger partial charge in [0.05, 0.1) is 28.9 Å². The number of carbonyl (C=O) groups is 1. The number of sulfone groups is 1. The standard InChI is InChI=1S/C13H13N3O4S/c17-13(18)11-7-12(10-3-1-2-5-14-10)16(15-11)9-4-6-21(19,20)8-9/h1-3,5,7,9H,4,6,8H2,(H,17,18). The molecule has 1 fully saturated rings. The average Bonchev–Trinajstić information content (AvgIpc) is 3.03. The Labute approximate surface area is 121 Å². The Morgan fingerprint density at radius 1 is 1.38 bits per heavy atom. The number of rotatable bonds is 3. The number of aromatic nitrogens is 3. The lowest BCUT2D eigenvalue weighted by atomic mass is 10.2. The number of nitrogens with zero attached hydrogens (tertiary/aromatic N) is 3. The zero-order valence-electron chi connectivity index (χ0n) is 11.0. The lowest BCUT2D eigenvalue weighted by Crippen LogP contribution is -2.14. The van der Waals surface area contributed by atoms with Gasteiger partial charge in [-0.1, -0.05) is 6.07 Å². The van der Waals surface area contributed by atoms with Gasteiger partial charge < -0.3 is 5.11 Å². The van der Waals surface area contributed by atoms with E-state index in [1.807, 2.05) is 0 Å². The molecule has 21 heavy (non-hydrogen) atoms. The maximum atomic E-state index is 11.6. The van der Waals surface area contributed by atoms with E-state index in [0.717, 1.165) is 0 Å². The highest BCUT2D eigenvalue weighted by atomic mass is 32.2. The number of carboxylic acid groups (broad SMARTS) is 1. The molecule has 110 valence electrons. The van der Waals surface area contributed by atoms with Crippen LogP contribution in [0.15, 0.2) is 30.5 Å². The van der Waals surface area contributed by atoms with Gasteiger partial charge in [-0.05, 0) is 18.6 Å². The smallest absolute Gasteiger partial charge is 0.356 e. The summed E-state index contributed by atoms with van der Waals surface area (Å²) in [6.07, 6.45) is 2.03. The van der Waals surface area contributed by atoms with E-state index in [2.05, 4.69) is 10.1 Å². The molecule has 3 heterocycles. The summed E-state index contributed by atoms with van der Waals surface area (Å²) in [5.41, 5.74) is 0.983. The fourth-order valence-corrected chi connectivity index (χ4v) is 4.14. The van der Waals surface area contributed by atoms with Crippen LogP contribution in [0.1, 0.15) is 23.0 Å². The molecule has 0 aliphatic carbocycles. The third kappa shape index (κ3) is 2.66. The van der Waals surface area contributed by atoms with E-state index in [1.165, 1.54) is 10.7 Å². The summed E-state index contributed by atoms with van der Waals surface area (Å²) in [4.78, 5) is 15.3. The molecule has 1 saturated heterocycles. The summed E-state index contributed by atoms with van der Waals surface area (Å²) in [6.45, 7) is 0. The van der Waals surface area contributed by atoms with Crippen LogP contribution in [0.4, 0.5) is 0 Å². The van der Waals surface area contributed by atoms with Gasteiger partial charge in [-0.3, -0.25) is 9.67 Å². The van der Waals surface area contributed by atoms with Crippen molar-refractivity contribution < 1.29 is 18.3 Å². The highest BCUT2D eigenvalue weighted by molar-refractivity contribution is 7.91. The van der Waals surface area contributed by atoms with Crippen molar-refractivity contribution in [3.8, 4) is 11.4 Å². The summed E-state index contributed by atoms with van der Waals surface area (Å²) in [6, 6.07) is 6.35. The predicted molar refractivity (Wildman–Crippen MR) is 74.7 cm³/mol. The number of carboxylic acids is 1. The molecule has 2 aromatic heterocycles. The zero-order chi connectivity index (χ0) is 15.0. The van der Waals surface area contributed by atoms with Crippen molar-refractivity contribution in [2.24, 2.45) is 0 Å². The fourth-order valence-electron chi connectivity index (χ4n) is 2.45. The summed E-state index contributed by atoms with van der Waals surface area (Å²) >= 11 is 0. The quantitative estimate of drug-likeness (QED) is 0.907. The molecule has 1 aliphatic rings. The first-order valence-corrected chi connectivity index (χ1v) is 8.23. The van der Waals surface area contributed by atoms with Crippen LogP contribution in [0.5, 0.6) is 0 Å². The lowest BCUT2D eigenvalue weighted by molar-refractivity contribution is 0.0689. The molecule has 0 radical (unpaired) electrons. The minimum atomic E-state index is -3.08. The van der Waals surface area contributed by atoms with Crippen LogP contribution in [0.3, 0.4) is 0 Å². The minimum Gasteiger partial charge on any atom is -0.476 e. The Bertz CT molecular complexity index is 783. The summed E-state index contributed by atoms with van der Waals surface area (Å²) < 4.78 is 24.7. The predicted octanol–water partition coefficient (Wildman–Crippen LogP) is 1.00. The van der Waals surface area contributed by atoms with Crippen LogP contribution in [0, 0.1) is 0 Å². The Morgan fingerprint density at radius 2 is 2.19 bits per heavy atom. The van der Waals surface area contributed by atoms with Crippen molar-refractivity contribution >= 4 is 15.8 Å². The molecule has 0 bridgehead atoms. The van der Waals surface area contributed by atoms with Crippen LogP contribution in [-0.2, 0) is 9.84 Å². The summed E-state index contributed by atoms with van der Waals surface area (Å²) in [5, 5.41) is 13.1. The van der Waals surface area contributed by atoms with Crippen LogP contribution >= 0.6 is 0 Å². The van der Waals surface area contributed by atoms with Crippen molar-refractivity contribution in [2.75, 3.05) is 11.5 Å². The summed E-state index contributed by atoms with van der Waals surface area (Å²) in [5.74, 6) is -1.07. The van der Waals surface area contributed by atoms with E-state index >= 15 is 0 Å². The average molecular weight is 307 g/mol.